The first-order valence-electron chi connectivity index (χ1n) is 5.88. The zero-order chi connectivity index (χ0) is 13.7. The molecule has 19 heavy (non-hydrogen) atoms. The summed E-state index contributed by atoms with van der Waals surface area (Å²) >= 11 is 2.91. The number of aryl methyl sites for hydroxylation is 1. The van der Waals surface area contributed by atoms with Crippen LogP contribution in [0.15, 0.2) is 30.5 Å². The molecule has 5 N–H and O–H groups in total. The molecule has 0 unspecified atom stereocenters. The van der Waals surface area contributed by atoms with E-state index >= 15 is 0 Å². The molecule has 100 valence electrons. The number of thiazole rings is 1. The number of aromatic nitrogens is 1. The highest BCUT2D eigenvalue weighted by molar-refractivity contribution is 8.13. The molecule has 0 saturated carbocycles. The molecule has 1 aromatic carbocycles. The van der Waals surface area contributed by atoms with Gasteiger partial charge in [0.25, 0.3) is 0 Å². The molecule has 0 fully saturated rings. The number of benzene rings is 1. The lowest BCUT2D eigenvalue weighted by atomic mass is 10.1. The summed E-state index contributed by atoms with van der Waals surface area (Å²) in [7, 11) is 0. The Morgan fingerprint density at radius 1 is 1.26 bits per heavy atom. The smallest absolute Gasteiger partial charge is 0.180 e. The fourth-order valence-corrected chi connectivity index (χ4v) is 2.98. The molecule has 1 aromatic heterocycles. The van der Waals surface area contributed by atoms with Crippen LogP contribution in [-0.2, 0) is 12.8 Å². The minimum Gasteiger partial charge on any atom is -0.379 e. The first kappa shape index (κ1) is 13.9. The number of thioether (sulfide) groups is 1. The Bertz CT molecular complexity index is 548. The zero-order valence-corrected chi connectivity index (χ0v) is 12.1. The van der Waals surface area contributed by atoms with Crippen molar-refractivity contribution in [3.8, 4) is 0 Å². The van der Waals surface area contributed by atoms with Crippen molar-refractivity contribution in [2.75, 3.05) is 11.5 Å². The number of amidine groups is 1. The maximum atomic E-state index is 7.15. The normalized spacial score (nSPS) is 10.5. The molecule has 0 amide bonds. The second kappa shape index (κ2) is 6.58. The van der Waals surface area contributed by atoms with E-state index in [-0.39, 0.29) is 5.17 Å². The number of nitrogens with one attached hydrogen (secondary N) is 1. The average Bonchev–Trinajstić information content (AvgIpc) is 2.77. The Morgan fingerprint density at radius 3 is 2.53 bits per heavy atom. The second-order valence-electron chi connectivity index (χ2n) is 4.12. The summed E-state index contributed by atoms with van der Waals surface area (Å²) in [5.74, 6) is 0.847. The van der Waals surface area contributed by atoms with Crippen molar-refractivity contribution >= 4 is 33.4 Å². The van der Waals surface area contributed by atoms with Gasteiger partial charge in [0.1, 0.15) is 0 Å². The Morgan fingerprint density at radius 2 is 1.95 bits per heavy atom. The Hall–Kier alpha value is -1.53. The van der Waals surface area contributed by atoms with Gasteiger partial charge in [0, 0.05) is 23.2 Å². The maximum absolute atomic E-state index is 7.15. The summed E-state index contributed by atoms with van der Waals surface area (Å²) < 4.78 is 0. The van der Waals surface area contributed by atoms with E-state index in [0.717, 1.165) is 18.6 Å². The van der Waals surface area contributed by atoms with Crippen LogP contribution >= 0.6 is 23.1 Å². The molecular formula is C13H16N4S2. The molecule has 2 aromatic rings. The van der Waals surface area contributed by atoms with Gasteiger partial charge in [0.15, 0.2) is 10.3 Å². The van der Waals surface area contributed by atoms with E-state index in [0.29, 0.717) is 5.13 Å². The second-order valence-corrected chi connectivity index (χ2v) is 6.40. The molecule has 0 atom stereocenters. The van der Waals surface area contributed by atoms with Crippen LogP contribution in [0, 0.1) is 5.41 Å². The van der Waals surface area contributed by atoms with Crippen molar-refractivity contribution in [3.05, 3.63) is 46.5 Å². The Kier molecular flexibility index (Phi) is 4.81. The highest BCUT2D eigenvalue weighted by atomic mass is 32.2. The number of rotatable bonds is 5. The topological polar surface area (TPSA) is 88.8 Å². The van der Waals surface area contributed by atoms with Gasteiger partial charge in [-0.1, -0.05) is 36.0 Å². The molecule has 0 aliphatic rings. The van der Waals surface area contributed by atoms with Gasteiger partial charge >= 0.3 is 0 Å². The van der Waals surface area contributed by atoms with Gasteiger partial charge < -0.3 is 11.5 Å². The predicted octanol–water partition coefficient (Wildman–Crippen LogP) is 2.49. The van der Waals surface area contributed by atoms with Crippen molar-refractivity contribution in [1.29, 1.82) is 5.41 Å². The lowest BCUT2D eigenvalue weighted by Gasteiger charge is -2.03. The number of nitrogens with zero attached hydrogens (tertiary/aromatic N) is 1. The largest absolute Gasteiger partial charge is 0.379 e. The molecular weight excluding hydrogens is 276 g/mol. The third kappa shape index (κ3) is 4.57. The van der Waals surface area contributed by atoms with Gasteiger partial charge in [-0.3, -0.25) is 5.41 Å². The van der Waals surface area contributed by atoms with Crippen LogP contribution in [0.5, 0.6) is 0 Å². The van der Waals surface area contributed by atoms with Gasteiger partial charge in [-0.25, -0.2) is 4.98 Å². The van der Waals surface area contributed by atoms with E-state index in [1.54, 1.807) is 0 Å². The van der Waals surface area contributed by atoms with Crippen LogP contribution in [-0.4, -0.2) is 15.9 Å². The van der Waals surface area contributed by atoms with Gasteiger partial charge in [0.2, 0.25) is 0 Å². The summed E-state index contributed by atoms with van der Waals surface area (Å²) in [6.45, 7) is 0. The van der Waals surface area contributed by atoms with Crippen molar-refractivity contribution in [3.63, 3.8) is 0 Å². The molecule has 6 heteroatoms. The Labute approximate surface area is 120 Å². The van der Waals surface area contributed by atoms with Crippen LogP contribution in [0.2, 0.25) is 0 Å². The number of nitrogen functional groups attached to an aromatic ring is 1. The van der Waals surface area contributed by atoms with E-state index in [2.05, 4.69) is 29.2 Å². The van der Waals surface area contributed by atoms with Crippen LogP contribution in [0.4, 0.5) is 5.13 Å². The van der Waals surface area contributed by atoms with Crippen LogP contribution in [0.3, 0.4) is 0 Å². The summed E-state index contributed by atoms with van der Waals surface area (Å²) in [4.78, 5) is 5.23. The maximum Gasteiger partial charge on any atom is 0.180 e. The van der Waals surface area contributed by atoms with Gasteiger partial charge in [-0.15, -0.1) is 11.3 Å². The third-order valence-corrected chi connectivity index (χ3v) is 4.17. The number of hydrogen-bond acceptors (Lipinski definition) is 5. The molecule has 4 nitrogen and oxygen atoms in total. The SMILES string of the molecule is N=C(N)SCCc1ccc(Cc2cnc(N)s2)cc1. The van der Waals surface area contributed by atoms with Crippen molar-refractivity contribution in [1.82, 2.24) is 4.98 Å². The first-order chi connectivity index (χ1) is 9.13. The monoisotopic (exact) mass is 292 g/mol. The molecule has 2 rings (SSSR count). The molecule has 0 aliphatic carbocycles. The zero-order valence-electron chi connectivity index (χ0n) is 10.4. The number of hydrogen-bond donors (Lipinski definition) is 3. The fraction of sp³-hybridized carbons (Fsp3) is 0.231. The Balaban J connectivity index is 1.89. The standard InChI is InChI=1S/C13H16N4S2/c14-12(15)18-6-5-9-1-3-10(4-2-9)7-11-8-17-13(16)19-11/h1-4,8H,5-7H2,(H3,14,15)(H2,16,17). The van der Waals surface area contributed by atoms with Crippen molar-refractivity contribution < 1.29 is 0 Å². The molecule has 0 aliphatic heterocycles. The summed E-state index contributed by atoms with van der Waals surface area (Å²) in [5.41, 5.74) is 13.4. The highest BCUT2D eigenvalue weighted by Crippen LogP contribution is 2.19. The first-order valence-corrected chi connectivity index (χ1v) is 7.68. The lowest BCUT2D eigenvalue weighted by molar-refractivity contribution is 1.14. The van der Waals surface area contributed by atoms with E-state index in [1.165, 1.54) is 39.1 Å². The number of anilines is 1. The summed E-state index contributed by atoms with van der Waals surface area (Å²) in [6.07, 6.45) is 3.63. The van der Waals surface area contributed by atoms with Gasteiger partial charge in [-0.2, -0.15) is 0 Å². The van der Waals surface area contributed by atoms with E-state index in [9.17, 15) is 0 Å². The van der Waals surface area contributed by atoms with Crippen molar-refractivity contribution in [2.45, 2.75) is 12.8 Å². The van der Waals surface area contributed by atoms with Crippen LogP contribution < -0.4 is 11.5 Å². The average molecular weight is 292 g/mol. The third-order valence-electron chi connectivity index (χ3n) is 2.62. The summed E-state index contributed by atoms with van der Waals surface area (Å²) in [6, 6.07) is 8.51. The van der Waals surface area contributed by atoms with Crippen molar-refractivity contribution in [2.24, 2.45) is 5.73 Å². The molecule has 0 bridgehead atoms. The minimum atomic E-state index is 0.180. The summed E-state index contributed by atoms with van der Waals surface area (Å²) in [5, 5.41) is 7.95. The molecule has 0 spiro atoms. The lowest BCUT2D eigenvalue weighted by Crippen LogP contribution is -2.05. The highest BCUT2D eigenvalue weighted by Gasteiger charge is 2.01. The molecule has 1 heterocycles. The van der Waals surface area contributed by atoms with E-state index < -0.39 is 0 Å². The van der Waals surface area contributed by atoms with E-state index in [4.69, 9.17) is 16.9 Å². The minimum absolute atomic E-state index is 0.180. The van der Waals surface area contributed by atoms with Crippen LogP contribution in [0.1, 0.15) is 16.0 Å². The molecule has 0 radical (unpaired) electrons. The van der Waals surface area contributed by atoms with Crippen LogP contribution in [0.25, 0.3) is 0 Å². The van der Waals surface area contributed by atoms with E-state index in [1.807, 2.05) is 6.20 Å². The quantitative estimate of drug-likeness (QED) is 0.583. The fourth-order valence-electron chi connectivity index (χ4n) is 1.71. The predicted molar refractivity (Wildman–Crippen MR) is 83.9 cm³/mol. The molecule has 0 saturated heterocycles. The van der Waals surface area contributed by atoms with Gasteiger partial charge in [-0.05, 0) is 17.5 Å². The van der Waals surface area contributed by atoms with Gasteiger partial charge in [0.05, 0.1) is 0 Å². The number of nitrogens with two attached hydrogens (primary N) is 2.